The van der Waals surface area contributed by atoms with Gasteiger partial charge in [0, 0.05) is 0 Å². The zero-order valence-electron chi connectivity index (χ0n) is 7.20. The summed E-state index contributed by atoms with van der Waals surface area (Å²) in [7, 11) is 0. The maximum absolute atomic E-state index is 11.3. The van der Waals surface area contributed by atoms with Gasteiger partial charge in [0.1, 0.15) is 0 Å². The first-order valence-electron chi connectivity index (χ1n) is 4.16. The van der Waals surface area contributed by atoms with Gasteiger partial charge in [0.2, 0.25) is 0 Å². The molecule has 1 saturated carbocycles. The summed E-state index contributed by atoms with van der Waals surface area (Å²) in [6.45, 7) is 1.97. The number of hydrogen-bond donors (Lipinski definition) is 1. The number of aliphatic hydroxyl groups is 1. The monoisotopic (exact) mass is 426 g/mol. The van der Waals surface area contributed by atoms with Gasteiger partial charge in [0.05, 0.1) is 0 Å². The van der Waals surface area contributed by atoms with E-state index in [0.717, 1.165) is 12.8 Å². The van der Waals surface area contributed by atoms with Crippen molar-refractivity contribution in [1.82, 2.24) is 0 Å². The number of hydrogen-bond acceptors (Lipinski definition) is 3. The van der Waals surface area contributed by atoms with Crippen LogP contribution in [-0.2, 0) is 9.53 Å². The van der Waals surface area contributed by atoms with Gasteiger partial charge in [-0.05, 0) is 18.8 Å². The Morgan fingerprint density at radius 2 is 2.38 bits per heavy atom. The van der Waals surface area contributed by atoms with Crippen LogP contribution in [0.4, 0.5) is 0 Å². The van der Waals surface area contributed by atoms with Gasteiger partial charge in [-0.2, -0.15) is 4.99 Å². The summed E-state index contributed by atoms with van der Waals surface area (Å²) in [5, 5.41) is 8.95. The number of esters is 1. The number of carbonyl (C=O) groups excluding carboxylic acids is 1. The average molecular weight is 426 g/mol. The minimum atomic E-state index is -0.746. The van der Waals surface area contributed by atoms with Crippen LogP contribution in [0.2, 0.25) is 0 Å². The number of ether oxygens (including phenoxy) is 1. The predicted octanol–water partition coefficient (Wildman–Crippen LogP) is 1.02. The average Bonchev–Trinajstić information content (AvgIpc) is 2.44. The maximum Gasteiger partial charge on any atom is 0.390 e. The van der Waals surface area contributed by atoms with Crippen LogP contribution in [-0.4, -0.2) is 22.7 Å². The molecule has 5 heteroatoms. The molecule has 4 nitrogen and oxygen atoms in total. The first kappa shape index (κ1) is 9.03. The van der Waals surface area contributed by atoms with Crippen molar-refractivity contribution in [2.24, 2.45) is 10.9 Å². The second-order valence-corrected chi connectivity index (χ2v) is 3.50. The van der Waals surface area contributed by atoms with Crippen LogP contribution in [0, 0.1) is 5.92 Å². The third-order valence-electron chi connectivity index (χ3n) is 2.84. The molecule has 1 heterocycles. The van der Waals surface area contributed by atoms with Crippen LogP contribution in [0.1, 0.15) is 26.2 Å². The summed E-state index contributed by atoms with van der Waals surface area (Å²) in [5.41, 5.74) is -0.746. The molecule has 13 heavy (non-hydrogen) atoms. The molecule has 0 bridgehead atoms. The molecule has 1 spiro atoms. The van der Waals surface area contributed by atoms with E-state index in [4.69, 9.17) is 5.11 Å². The van der Waals surface area contributed by atoms with E-state index in [1.54, 1.807) is 0 Å². The minimum Gasteiger partial charge on any atom is -0.466 e. The van der Waals surface area contributed by atoms with Crippen molar-refractivity contribution in [1.29, 1.82) is 0 Å². The van der Waals surface area contributed by atoms with Gasteiger partial charge in [-0.15, -0.1) is 0 Å². The number of rotatable bonds is 0. The van der Waals surface area contributed by atoms with Crippen LogP contribution in [0.25, 0.3) is 0 Å². The van der Waals surface area contributed by atoms with Gasteiger partial charge in [-0.3, -0.25) is 0 Å². The summed E-state index contributed by atoms with van der Waals surface area (Å²) in [6, 6.07) is 0. The molecule has 0 unspecified atom stereocenters. The number of cyclic esters (lactones) is 1. The Balaban J connectivity index is 0.000000845. The Labute approximate surface area is 70.2 Å². The standard InChI is InChI=1S/C8H11NO3.Fm/c1-5-3-2-4-8(5)6(10)12-7(11)9-8;/h5H,2-4H2,1H3,(H,9,11);/t5-,8-;/m1./s1. The van der Waals surface area contributed by atoms with E-state index in [2.05, 4.69) is 9.73 Å². The van der Waals surface area contributed by atoms with E-state index < -0.39 is 11.6 Å². The third kappa shape index (κ3) is 0.931. The molecule has 78 valence electrons. The zero-order chi connectivity index (χ0) is 8.77. The Morgan fingerprint density at radius 3 is 2.77 bits per heavy atom. The van der Waals surface area contributed by atoms with Gasteiger partial charge in [-0.1, -0.05) is 13.3 Å². The number of aliphatic hydroxyl groups excluding tert-OH is 1. The molecule has 1 N–H and O–H groups in total. The van der Waals surface area contributed by atoms with E-state index >= 15 is 0 Å². The second-order valence-electron chi connectivity index (χ2n) is 3.50. The Hall–Kier alpha value is -2.06. The summed E-state index contributed by atoms with van der Waals surface area (Å²) in [6.07, 6.45) is 2.20. The van der Waals surface area contributed by atoms with Crippen molar-refractivity contribution in [3.05, 3.63) is 0 Å². The topological polar surface area (TPSA) is 58.9 Å². The summed E-state index contributed by atoms with van der Waals surface area (Å²) in [5.74, 6) is -0.195. The van der Waals surface area contributed by atoms with Crippen molar-refractivity contribution in [3.8, 4) is 0 Å². The molecule has 2 aliphatic rings. The summed E-state index contributed by atoms with van der Waals surface area (Å²) < 4.78 is 4.54. The van der Waals surface area contributed by atoms with Crippen molar-refractivity contribution in [3.63, 3.8) is 0 Å². The predicted molar refractivity (Wildman–Crippen MR) is 41.9 cm³/mol. The Morgan fingerprint density at radius 1 is 1.69 bits per heavy atom. The smallest absolute Gasteiger partial charge is 0.390 e. The van der Waals surface area contributed by atoms with Crippen molar-refractivity contribution < 1.29 is 14.6 Å². The fourth-order valence-corrected chi connectivity index (χ4v) is 2.04. The van der Waals surface area contributed by atoms with Gasteiger partial charge >= 0.3 is 12.1 Å². The fourth-order valence-electron chi connectivity index (χ4n) is 2.04. The Kier molecular flexibility index (Phi) is 1.71. The zero-order valence-corrected chi connectivity index (χ0v) is 9.60. The van der Waals surface area contributed by atoms with Crippen LogP contribution >= 0.6 is 0 Å². The van der Waals surface area contributed by atoms with Crippen LogP contribution in [0.15, 0.2) is 4.99 Å². The molecule has 1 aliphatic carbocycles. The summed E-state index contributed by atoms with van der Waals surface area (Å²) >= 11 is 0. The molecule has 2 atom stereocenters. The SMILES string of the molecule is C[C@@H]1CCC[C@@]12N=C(O)OC2=O.[Fm]. The van der Waals surface area contributed by atoms with E-state index in [9.17, 15) is 4.79 Å². The van der Waals surface area contributed by atoms with Crippen molar-refractivity contribution in [2.45, 2.75) is 31.7 Å². The largest absolute Gasteiger partial charge is 0.466 e. The molecule has 0 aromatic carbocycles. The van der Waals surface area contributed by atoms with E-state index in [1.165, 1.54) is 0 Å². The second kappa shape index (κ2) is 2.47. The Bertz CT molecular complexity index is 266. The van der Waals surface area contributed by atoms with Crippen molar-refractivity contribution >= 4 is 12.1 Å². The van der Waals surface area contributed by atoms with Gasteiger partial charge in [-0.25, -0.2) is 4.79 Å². The third-order valence-corrected chi connectivity index (χ3v) is 2.84. The summed E-state index contributed by atoms with van der Waals surface area (Å²) in [4.78, 5) is 15.2. The molecule has 1 fully saturated rings. The molecule has 2 rings (SSSR count). The van der Waals surface area contributed by atoms with E-state index in [1.807, 2.05) is 6.92 Å². The quantitative estimate of drug-likeness (QED) is 0.589. The fraction of sp³-hybridized carbons (Fsp3) is 0.750. The molecule has 0 amide bonds. The molecule has 0 saturated heterocycles. The van der Waals surface area contributed by atoms with Gasteiger partial charge < -0.3 is 9.84 Å². The van der Waals surface area contributed by atoms with Gasteiger partial charge in [0.15, 0.2) is 5.54 Å². The minimum absolute atomic E-state index is 0. The van der Waals surface area contributed by atoms with Crippen molar-refractivity contribution in [2.75, 3.05) is 0 Å². The van der Waals surface area contributed by atoms with Crippen LogP contribution in [0.5, 0.6) is 0 Å². The number of aliphatic imine (C=N–C) groups is 1. The van der Waals surface area contributed by atoms with Gasteiger partial charge in [0.25, 0.3) is 0 Å². The van der Waals surface area contributed by atoms with Crippen LogP contribution < -0.4 is 0 Å². The van der Waals surface area contributed by atoms with E-state index in [0.29, 0.717) is 6.42 Å². The normalized spacial score (nSPS) is 37.2. The molecule has 0 aromatic heterocycles. The maximum atomic E-state index is 11.3. The van der Waals surface area contributed by atoms with E-state index in [-0.39, 0.29) is 11.9 Å². The first-order chi connectivity index (χ1) is 5.65. The molecule has 0 aromatic rings. The number of carbonyl (C=O) groups is 1. The molecule has 0 radical (unpaired) electrons. The van der Waals surface area contributed by atoms with Crippen LogP contribution in [0.3, 0.4) is 0 Å². The first-order valence-corrected chi connectivity index (χ1v) is 4.16. The number of nitrogens with zero attached hydrogens (tertiary/aromatic N) is 1. The molecular weight excluding hydrogens is 415 g/mol. The molecular formula is C8H11FmNO3. The molecule has 1 aliphatic heterocycles.